The van der Waals surface area contributed by atoms with Crippen molar-refractivity contribution in [1.82, 2.24) is 4.57 Å². The molecule has 11 nitrogen and oxygen atoms in total. The van der Waals surface area contributed by atoms with Gasteiger partial charge >= 0.3 is 4.87 Å². The number of anilines is 3. The van der Waals surface area contributed by atoms with Crippen molar-refractivity contribution in [2.24, 2.45) is 5.92 Å². The summed E-state index contributed by atoms with van der Waals surface area (Å²) in [6.07, 6.45) is 0. The van der Waals surface area contributed by atoms with Crippen LogP contribution >= 0.6 is 23.1 Å². The van der Waals surface area contributed by atoms with E-state index in [-0.39, 0.29) is 28.7 Å². The van der Waals surface area contributed by atoms with E-state index in [9.17, 15) is 29.3 Å². The minimum atomic E-state index is -0.873. The van der Waals surface area contributed by atoms with E-state index in [1.165, 1.54) is 28.8 Å². The van der Waals surface area contributed by atoms with Gasteiger partial charge in [-0.15, -0.1) is 0 Å². The smallest absolute Gasteiger partial charge is 0.308 e. The number of fused-ring (bicyclic) bond motifs is 2. The molecule has 0 aliphatic carbocycles. The summed E-state index contributed by atoms with van der Waals surface area (Å²) in [6.45, 7) is 7.38. The molecule has 1 aromatic heterocycles. The van der Waals surface area contributed by atoms with Crippen molar-refractivity contribution in [1.29, 1.82) is 0 Å². The second kappa shape index (κ2) is 12.6. The fourth-order valence-corrected chi connectivity index (χ4v) is 8.89. The molecule has 0 bridgehead atoms. The van der Waals surface area contributed by atoms with Gasteiger partial charge in [0.25, 0.3) is 5.69 Å². The van der Waals surface area contributed by atoms with Gasteiger partial charge in [-0.25, -0.2) is 4.90 Å². The van der Waals surface area contributed by atoms with Gasteiger partial charge in [-0.05, 0) is 62.2 Å². The minimum Gasteiger partial charge on any atom is -0.372 e. The number of thiazole rings is 1. The Morgan fingerprint density at radius 3 is 2.26 bits per heavy atom. The minimum absolute atomic E-state index is 0.157. The number of imide groups is 1. The molecular weight excluding hydrogens is 627 g/mol. The number of nitrogens with one attached hydrogen (secondary N) is 1. The van der Waals surface area contributed by atoms with Crippen LogP contribution in [-0.2, 0) is 20.9 Å². The molecule has 3 atom stereocenters. The standard InChI is InChI=1S/C33H31N5O6S2/c1-4-35(5-2)21-12-10-20(11-13-21)26-27-28(31(41)37(30(27)40)22-14-16-23(17-15-22)38(43)44)45-32-29(26)46-33(42)36(32)18-25(39)34-24-9-7-6-8-19(24)3/h6-17,26-28H,4-5,18H2,1-3H3,(H,34,39). The molecule has 13 heteroatoms. The molecule has 3 aromatic carbocycles. The lowest BCUT2D eigenvalue weighted by molar-refractivity contribution is -0.384. The summed E-state index contributed by atoms with van der Waals surface area (Å²) in [7, 11) is 0. The molecule has 4 aromatic rings. The summed E-state index contributed by atoms with van der Waals surface area (Å²) in [4.78, 5) is 69.0. The number of hydrogen-bond donors (Lipinski definition) is 1. The van der Waals surface area contributed by atoms with Crippen molar-refractivity contribution in [3.05, 3.63) is 109 Å². The number of nitro benzene ring substituents is 1. The number of carbonyl (C=O) groups excluding carboxylic acids is 3. The number of amides is 3. The van der Waals surface area contributed by atoms with Crippen LogP contribution in [0, 0.1) is 23.0 Å². The largest absolute Gasteiger partial charge is 0.372 e. The van der Waals surface area contributed by atoms with Crippen LogP contribution < -0.4 is 20.0 Å². The molecule has 0 saturated carbocycles. The number of nitro groups is 1. The van der Waals surface area contributed by atoms with E-state index in [1.807, 2.05) is 49.4 Å². The molecule has 1 N–H and O–H groups in total. The van der Waals surface area contributed by atoms with E-state index in [2.05, 4.69) is 24.1 Å². The number of benzene rings is 3. The normalized spacial score (nSPS) is 18.7. The predicted octanol–water partition coefficient (Wildman–Crippen LogP) is 5.41. The van der Waals surface area contributed by atoms with E-state index in [0.717, 1.165) is 57.9 Å². The first-order valence-corrected chi connectivity index (χ1v) is 16.5. The molecule has 0 radical (unpaired) electrons. The van der Waals surface area contributed by atoms with E-state index in [1.54, 1.807) is 6.07 Å². The molecule has 3 heterocycles. The summed E-state index contributed by atoms with van der Waals surface area (Å²) in [5.41, 5.74) is 3.38. The highest BCUT2D eigenvalue weighted by molar-refractivity contribution is 8.00. The number of hydrogen-bond acceptors (Lipinski definition) is 9. The van der Waals surface area contributed by atoms with Crippen molar-refractivity contribution >= 4 is 63.6 Å². The Bertz CT molecular complexity index is 1900. The van der Waals surface area contributed by atoms with Crippen molar-refractivity contribution in [2.45, 2.75) is 43.5 Å². The second-order valence-electron chi connectivity index (χ2n) is 11.1. The van der Waals surface area contributed by atoms with E-state index in [4.69, 9.17) is 0 Å². The van der Waals surface area contributed by atoms with Crippen LogP contribution in [0.25, 0.3) is 0 Å². The van der Waals surface area contributed by atoms with Gasteiger partial charge in [-0.1, -0.05) is 53.4 Å². The molecule has 3 amide bonds. The number of para-hydroxylation sites is 1. The maximum Gasteiger partial charge on any atom is 0.308 e. The van der Waals surface area contributed by atoms with Crippen molar-refractivity contribution in [3.8, 4) is 0 Å². The SMILES string of the molecule is CCN(CC)c1ccc(C2c3sc(=O)n(CC(=O)Nc4ccccc4C)c3SC3C(=O)N(c4ccc([N+](=O)[O-])cc4)C(=O)C32)cc1. The van der Waals surface area contributed by atoms with E-state index < -0.39 is 33.8 Å². The summed E-state index contributed by atoms with van der Waals surface area (Å²) in [5.74, 6) is -2.75. The van der Waals surface area contributed by atoms with Crippen molar-refractivity contribution in [3.63, 3.8) is 0 Å². The van der Waals surface area contributed by atoms with Gasteiger partial charge in [0.2, 0.25) is 17.7 Å². The first-order chi connectivity index (χ1) is 22.1. The highest BCUT2D eigenvalue weighted by Crippen LogP contribution is 2.54. The monoisotopic (exact) mass is 657 g/mol. The molecule has 0 spiro atoms. The van der Waals surface area contributed by atoms with Crippen LogP contribution in [0.3, 0.4) is 0 Å². The van der Waals surface area contributed by atoms with Crippen LogP contribution in [0.2, 0.25) is 0 Å². The third-order valence-electron chi connectivity index (χ3n) is 8.47. The Morgan fingerprint density at radius 1 is 0.957 bits per heavy atom. The molecule has 236 valence electrons. The zero-order valence-corrected chi connectivity index (χ0v) is 27.0. The number of aryl methyl sites for hydroxylation is 1. The number of aromatic nitrogens is 1. The highest BCUT2D eigenvalue weighted by Gasteiger charge is 2.56. The number of thioether (sulfide) groups is 1. The van der Waals surface area contributed by atoms with Gasteiger partial charge in [-0.3, -0.25) is 33.9 Å². The zero-order chi connectivity index (χ0) is 32.7. The lowest BCUT2D eigenvalue weighted by Crippen LogP contribution is -2.33. The van der Waals surface area contributed by atoms with E-state index >= 15 is 0 Å². The van der Waals surface area contributed by atoms with E-state index in [0.29, 0.717) is 15.6 Å². The molecule has 2 aliphatic rings. The van der Waals surface area contributed by atoms with Crippen molar-refractivity contribution < 1.29 is 19.3 Å². The third kappa shape index (κ3) is 5.49. The summed E-state index contributed by atoms with van der Waals surface area (Å²) in [5, 5.41) is 13.7. The lowest BCUT2D eigenvalue weighted by Gasteiger charge is -2.31. The molecule has 1 saturated heterocycles. The van der Waals surface area contributed by atoms with Gasteiger partial charge in [0.1, 0.15) is 11.8 Å². The molecule has 1 fully saturated rings. The Hall–Kier alpha value is -4.75. The van der Waals surface area contributed by atoms with Gasteiger partial charge in [0, 0.05) is 47.4 Å². The van der Waals surface area contributed by atoms with Crippen LogP contribution in [0.1, 0.15) is 35.8 Å². The van der Waals surface area contributed by atoms with Gasteiger partial charge in [0.05, 0.1) is 21.6 Å². The Labute approximate surface area is 273 Å². The van der Waals surface area contributed by atoms with Crippen molar-refractivity contribution in [2.75, 3.05) is 28.2 Å². The fraction of sp³-hybridized carbons (Fsp3) is 0.273. The summed E-state index contributed by atoms with van der Waals surface area (Å²) < 4.78 is 1.39. The fourth-order valence-electron chi connectivity index (χ4n) is 6.12. The average molecular weight is 658 g/mol. The van der Waals surface area contributed by atoms with Crippen LogP contribution in [0.4, 0.5) is 22.7 Å². The quantitative estimate of drug-likeness (QED) is 0.144. The Morgan fingerprint density at radius 2 is 1.63 bits per heavy atom. The molecule has 46 heavy (non-hydrogen) atoms. The first kappa shape index (κ1) is 31.2. The molecular formula is C33H31N5O6S2. The second-order valence-corrected chi connectivity index (χ2v) is 13.2. The lowest BCUT2D eigenvalue weighted by atomic mass is 9.83. The van der Waals surface area contributed by atoms with Crippen LogP contribution in [0.5, 0.6) is 0 Å². The maximum absolute atomic E-state index is 14.1. The maximum atomic E-state index is 14.1. The Kier molecular flexibility index (Phi) is 8.53. The predicted molar refractivity (Wildman–Crippen MR) is 179 cm³/mol. The average Bonchev–Trinajstić information content (AvgIpc) is 3.49. The van der Waals surface area contributed by atoms with Crippen LogP contribution in [0.15, 0.2) is 82.6 Å². The molecule has 3 unspecified atom stereocenters. The van der Waals surface area contributed by atoms with Gasteiger partial charge in [-0.2, -0.15) is 0 Å². The number of nitrogens with zero attached hydrogens (tertiary/aromatic N) is 4. The number of carbonyl (C=O) groups is 3. The number of rotatable bonds is 9. The summed E-state index contributed by atoms with van der Waals surface area (Å²) >= 11 is 2.11. The topological polar surface area (TPSA) is 135 Å². The highest BCUT2D eigenvalue weighted by atomic mass is 32.2. The number of non-ortho nitro benzene ring substituents is 1. The third-order valence-corrected chi connectivity index (χ3v) is 11.1. The van der Waals surface area contributed by atoms with Gasteiger partial charge < -0.3 is 10.2 Å². The zero-order valence-electron chi connectivity index (χ0n) is 25.3. The molecule has 2 aliphatic heterocycles. The molecule has 6 rings (SSSR count). The first-order valence-electron chi connectivity index (χ1n) is 14.9. The van der Waals surface area contributed by atoms with Gasteiger partial charge in [0.15, 0.2) is 0 Å². The summed E-state index contributed by atoms with van der Waals surface area (Å²) in [6, 6.07) is 20.5. The Balaban J connectivity index is 1.41. The van der Waals surface area contributed by atoms with Crippen LogP contribution in [-0.4, -0.2) is 45.6 Å².